The number of rotatable bonds is 2. The van der Waals surface area contributed by atoms with Gasteiger partial charge in [-0.05, 0) is 31.9 Å². The van der Waals surface area contributed by atoms with E-state index in [0.29, 0.717) is 12.6 Å². The van der Waals surface area contributed by atoms with E-state index in [0.717, 1.165) is 43.7 Å². The van der Waals surface area contributed by atoms with Gasteiger partial charge in [-0.25, -0.2) is 0 Å². The minimum absolute atomic E-state index is 0.0492. The number of hydrogen-bond acceptors (Lipinski definition) is 3. The van der Waals surface area contributed by atoms with Crippen molar-refractivity contribution < 1.29 is 9.53 Å². The van der Waals surface area contributed by atoms with Crippen LogP contribution in [0.1, 0.15) is 30.7 Å². The van der Waals surface area contributed by atoms with Crippen LogP contribution >= 0.6 is 0 Å². The Balaban J connectivity index is 1.77. The summed E-state index contributed by atoms with van der Waals surface area (Å²) in [5, 5.41) is 3.37. The molecule has 0 saturated carbocycles. The molecule has 1 saturated heterocycles. The van der Waals surface area contributed by atoms with Crippen LogP contribution in [0.2, 0.25) is 0 Å². The van der Waals surface area contributed by atoms with Crippen LogP contribution in [0.4, 0.5) is 0 Å². The monoisotopic (exact) mass is 274 g/mol. The van der Waals surface area contributed by atoms with E-state index in [9.17, 15) is 4.79 Å². The topological polar surface area (TPSA) is 41.6 Å². The van der Waals surface area contributed by atoms with E-state index >= 15 is 0 Å². The summed E-state index contributed by atoms with van der Waals surface area (Å²) in [7, 11) is 1.94. The SMILES string of the molecule is CN(C(=O)C1CCOc2ccccc21)C1CCCNC1. The highest BCUT2D eigenvalue weighted by atomic mass is 16.5. The van der Waals surface area contributed by atoms with E-state index < -0.39 is 0 Å². The Bertz CT molecular complexity index is 483. The smallest absolute Gasteiger partial charge is 0.230 e. The second-order valence-corrected chi connectivity index (χ2v) is 5.68. The van der Waals surface area contributed by atoms with Crippen LogP contribution in [0, 0.1) is 0 Å². The van der Waals surface area contributed by atoms with E-state index in [2.05, 4.69) is 5.32 Å². The number of carbonyl (C=O) groups excluding carboxylic acids is 1. The van der Waals surface area contributed by atoms with Gasteiger partial charge in [-0.2, -0.15) is 0 Å². The second-order valence-electron chi connectivity index (χ2n) is 5.68. The molecule has 2 heterocycles. The first kappa shape index (κ1) is 13.4. The Labute approximate surface area is 120 Å². The zero-order valence-electron chi connectivity index (χ0n) is 12.0. The second kappa shape index (κ2) is 5.83. The number of ether oxygens (including phenoxy) is 1. The summed E-state index contributed by atoms with van der Waals surface area (Å²) >= 11 is 0. The van der Waals surface area contributed by atoms with Crippen molar-refractivity contribution in [2.45, 2.75) is 31.2 Å². The molecule has 2 aliphatic rings. The fraction of sp³-hybridized carbons (Fsp3) is 0.562. The van der Waals surface area contributed by atoms with Gasteiger partial charge in [-0.3, -0.25) is 4.79 Å². The van der Waals surface area contributed by atoms with Crippen molar-refractivity contribution in [3.8, 4) is 5.75 Å². The van der Waals surface area contributed by atoms with Crippen LogP contribution in [-0.4, -0.2) is 43.6 Å². The summed E-state index contributed by atoms with van der Waals surface area (Å²) < 4.78 is 5.65. The lowest BCUT2D eigenvalue weighted by atomic mass is 9.91. The molecule has 20 heavy (non-hydrogen) atoms. The lowest BCUT2D eigenvalue weighted by molar-refractivity contribution is -0.134. The van der Waals surface area contributed by atoms with Gasteiger partial charge in [0.15, 0.2) is 0 Å². The van der Waals surface area contributed by atoms with Crippen LogP contribution in [-0.2, 0) is 4.79 Å². The molecule has 0 spiro atoms. The van der Waals surface area contributed by atoms with Gasteiger partial charge >= 0.3 is 0 Å². The van der Waals surface area contributed by atoms with Crippen molar-refractivity contribution in [1.82, 2.24) is 10.2 Å². The highest BCUT2D eigenvalue weighted by Crippen LogP contribution is 2.34. The van der Waals surface area contributed by atoms with Crippen molar-refractivity contribution in [2.75, 3.05) is 26.7 Å². The van der Waals surface area contributed by atoms with E-state index in [1.54, 1.807) is 0 Å². The first-order valence-corrected chi connectivity index (χ1v) is 7.46. The van der Waals surface area contributed by atoms with Gasteiger partial charge in [-0.15, -0.1) is 0 Å². The number of benzene rings is 1. The molecule has 108 valence electrons. The number of likely N-dealkylation sites (N-methyl/N-ethyl adjacent to an activating group) is 1. The molecule has 2 aliphatic heterocycles. The average Bonchev–Trinajstić information content (AvgIpc) is 2.54. The largest absolute Gasteiger partial charge is 0.493 e. The Kier molecular flexibility index (Phi) is 3.92. The van der Waals surface area contributed by atoms with Gasteiger partial charge in [-0.1, -0.05) is 18.2 Å². The standard InChI is InChI=1S/C16H22N2O2/c1-18(12-5-4-9-17-11-12)16(19)14-8-10-20-15-7-3-2-6-13(14)15/h2-3,6-7,12,14,17H,4-5,8-11H2,1H3. The minimum Gasteiger partial charge on any atom is -0.493 e. The normalized spacial score (nSPS) is 25.4. The summed E-state index contributed by atoms with van der Waals surface area (Å²) in [6.07, 6.45) is 3.02. The molecule has 0 bridgehead atoms. The van der Waals surface area contributed by atoms with Crippen molar-refractivity contribution in [1.29, 1.82) is 0 Å². The Morgan fingerprint density at radius 3 is 3.00 bits per heavy atom. The number of carbonyl (C=O) groups is 1. The van der Waals surface area contributed by atoms with E-state index in [1.165, 1.54) is 0 Å². The third-order valence-corrected chi connectivity index (χ3v) is 4.42. The van der Waals surface area contributed by atoms with Crippen molar-refractivity contribution in [3.63, 3.8) is 0 Å². The van der Waals surface area contributed by atoms with Gasteiger partial charge in [0, 0.05) is 25.2 Å². The molecule has 4 heteroatoms. The number of piperidine rings is 1. The summed E-state index contributed by atoms with van der Waals surface area (Å²) in [4.78, 5) is 14.7. The molecule has 0 aliphatic carbocycles. The van der Waals surface area contributed by atoms with Gasteiger partial charge in [0.2, 0.25) is 5.91 Å². The zero-order chi connectivity index (χ0) is 13.9. The number of hydrogen-bond donors (Lipinski definition) is 1. The number of nitrogens with one attached hydrogen (secondary N) is 1. The molecular weight excluding hydrogens is 252 g/mol. The molecule has 0 radical (unpaired) electrons. The van der Waals surface area contributed by atoms with Crippen molar-refractivity contribution in [2.24, 2.45) is 0 Å². The Morgan fingerprint density at radius 1 is 1.35 bits per heavy atom. The number of fused-ring (bicyclic) bond motifs is 1. The quantitative estimate of drug-likeness (QED) is 0.893. The fourth-order valence-corrected chi connectivity index (χ4v) is 3.19. The third-order valence-electron chi connectivity index (χ3n) is 4.42. The van der Waals surface area contributed by atoms with Crippen LogP contribution < -0.4 is 10.1 Å². The maximum absolute atomic E-state index is 12.8. The fourth-order valence-electron chi connectivity index (χ4n) is 3.19. The van der Waals surface area contributed by atoms with Gasteiger partial charge in [0.05, 0.1) is 12.5 Å². The van der Waals surface area contributed by atoms with E-state index in [-0.39, 0.29) is 11.8 Å². The molecule has 3 rings (SSSR count). The maximum Gasteiger partial charge on any atom is 0.230 e. The molecule has 1 amide bonds. The Hall–Kier alpha value is -1.55. The van der Waals surface area contributed by atoms with Crippen LogP contribution in [0.3, 0.4) is 0 Å². The summed E-state index contributed by atoms with van der Waals surface area (Å²) in [6.45, 7) is 2.61. The first-order chi connectivity index (χ1) is 9.77. The minimum atomic E-state index is -0.0492. The molecule has 2 atom stereocenters. The zero-order valence-corrected chi connectivity index (χ0v) is 12.0. The van der Waals surface area contributed by atoms with Crippen LogP contribution in [0.15, 0.2) is 24.3 Å². The number of nitrogens with zero attached hydrogens (tertiary/aromatic N) is 1. The summed E-state index contributed by atoms with van der Waals surface area (Å²) in [5.41, 5.74) is 1.04. The van der Waals surface area contributed by atoms with Gasteiger partial charge in [0.1, 0.15) is 5.75 Å². The predicted molar refractivity (Wildman–Crippen MR) is 78.0 cm³/mol. The molecule has 2 unspecified atom stereocenters. The van der Waals surface area contributed by atoms with Crippen molar-refractivity contribution >= 4 is 5.91 Å². The lowest BCUT2D eigenvalue weighted by Crippen LogP contribution is -2.48. The molecular formula is C16H22N2O2. The highest BCUT2D eigenvalue weighted by molar-refractivity contribution is 5.85. The van der Waals surface area contributed by atoms with Crippen LogP contribution in [0.25, 0.3) is 0 Å². The van der Waals surface area contributed by atoms with Gasteiger partial charge < -0.3 is 15.0 Å². The molecule has 4 nitrogen and oxygen atoms in total. The molecule has 0 aromatic heterocycles. The van der Waals surface area contributed by atoms with Gasteiger partial charge in [0.25, 0.3) is 0 Å². The summed E-state index contributed by atoms with van der Waals surface area (Å²) in [6, 6.07) is 8.24. The molecule has 1 N–H and O–H groups in total. The number of amides is 1. The first-order valence-electron chi connectivity index (χ1n) is 7.46. The van der Waals surface area contributed by atoms with E-state index in [4.69, 9.17) is 4.74 Å². The third kappa shape index (κ3) is 2.52. The highest BCUT2D eigenvalue weighted by Gasteiger charge is 2.32. The molecule has 1 aromatic carbocycles. The Morgan fingerprint density at radius 2 is 2.20 bits per heavy atom. The van der Waals surface area contributed by atoms with E-state index in [1.807, 2.05) is 36.2 Å². The molecule has 1 fully saturated rings. The number of para-hydroxylation sites is 1. The maximum atomic E-state index is 12.8. The summed E-state index contributed by atoms with van der Waals surface area (Å²) in [5.74, 6) is 1.05. The molecule has 1 aromatic rings. The van der Waals surface area contributed by atoms with Crippen LogP contribution in [0.5, 0.6) is 5.75 Å². The van der Waals surface area contributed by atoms with Crippen molar-refractivity contribution in [3.05, 3.63) is 29.8 Å². The predicted octanol–water partition coefficient (Wildman–Crippen LogP) is 1.76. The lowest BCUT2D eigenvalue weighted by Gasteiger charge is -2.35. The average molecular weight is 274 g/mol.